The monoisotopic (exact) mass is 247 g/mol. The van der Waals surface area contributed by atoms with Crippen molar-refractivity contribution in [1.29, 1.82) is 5.26 Å². The highest BCUT2D eigenvalue weighted by atomic mass is 16.6. The molecule has 6 heteroatoms. The Bertz CT molecular complexity index is 510. The molecule has 0 spiro atoms. The Morgan fingerprint density at radius 3 is 2.83 bits per heavy atom. The van der Waals surface area contributed by atoms with Gasteiger partial charge in [0.25, 0.3) is 0 Å². The smallest absolute Gasteiger partial charge is 0.328 e. The minimum Gasteiger partial charge on any atom is -0.483 e. The summed E-state index contributed by atoms with van der Waals surface area (Å²) in [6.07, 6.45) is 2.23. The van der Waals surface area contributed by atoms with Crippen molar-refractivity contribution in [3.05, 3.63) is 33.9 Å². The van der Waals surface area contributed by atoms with E-state index in [1.165, 1.54) is 12.1 Å². The van der Waals surface area contributed by atoms with E-state index in [9.17, 15) is 10.1 Å². The van der Waals surface area contributed by atoms with E-state index < -0.39 is 4.92 Å². The van der Waals surface area contributed by atoms with E-state index in [4.69, 9.17) is 15.7 Å². The predicted molar refractivity (Wildman–Crippen MR) is 64.1 cm³/mol. The van der Waals surface area contributed by atoms with Gasteiger partial charge >= 0.3 is 5.69 Å². The molecule has 1 aromatic carbocycles. The molecule has 6 nitrogen and oxygen atoms in total. The number of nitrogens with zero attached hydrogens (tertiary/aromatic N) is 2. The van der Waals surface area contributed by atoms with E-state index in [2.05, 4.69) is 0 Å². The quantitative estimate of drug-likeness (QED) is 0.647. The van der Waals surface area contributed by atoms with Crippen molar-refractivity contribution in [2.24, 2.45) is 5.73 Å². The fraction of sp³-hybridized carbons (Fsp3) is 0.417. The second-order valence-corrected chi connectivity index (χ2v) is 4.33. The molecular weight excluding hydrogens is 234 g/mol. The maximum Gasteiger partial charge on any atom is 0.328 e. The van der Waals surface area contributed by atoms with Gasteiger partial charge in [0, 0.05) is 6.04 Å². The molecule has 2 rings (SSSR count). The third kappa shape index (κ3) is 2.41. The summed E-state index contributed by atoms with van der Waals surface area (Å²) >= 11 is 0. The second kappa shape index (κ2) is 5.02. The van der Waals surface area contributed by atoms with Crippen LogP contribution >= 0.6 is 0 Å². The van der Waals surface area contributed by atoms with Crippen molar-refractivity contribution in [2.45, 2.75) is 31.4 Å². The van der Waals surface area contributed by atoms with Crippen molar-refractivity contribution >= 4 is 5.69 Å². The van der Waals surface area contributed by atoms with Gasteiger partial charge in [0.05, 0.1) is 4.92 Å². The molecule has 1 aliphatic rings. The Labute approximate surface area is 104 Å². The first-order chi connectivity index (χ1) is 8.61. The topological polar surface area (TPSA) is 102 Å². The third-order valence-corrected chi connectivity index (χ3v) is 3.02. The Morgan fingerprint density at radius 2 is 2.28 bits per heavy atom. The number of nitriles is 1. The highest BCUT2D eigenvalue weighted by Gasteiger charge is 2.27. The largest absolute Gasteiger partial charge is 0.483 e. The summed E-state index contributed by atoms with van der Waals surface area (Å²) in [5.41, 5.74) is 5.52. The zero-order valence-electron chi connectivity index (χ0n) is 9.70. The predicted octanol–water partition coefficient (Wildman–Crippen LogP) is 1.73. The fourth-order valence-corrected chi connectivity index (χ4v) is 2.16. The van der Waals surface area contributed by atoms with Gasteiger partial charge in [0.2, 0.25) is 0 Å². The number of para-hydroxylation sites is 1. The van der Waals surface area contributed by atoms with E-state index in [0.29, 0.717) is 6.42 Å². The Balaban J connectivity index is 2.27. The summed E-state index contributed by atoms with van der Waals surface area (Å²) in [7, 11) is 0. The number of nitrogens with two attached hydrogens (primary N) is 1. The van der Waals surface area contributed by atoms with Crippen molar-refractivity contribution in [3.63, 3.8) is 0 Å². The summed E-state index contributed by atoms with van der Waals surface area (Å²) < 4.78 is 5.61. The lowest BCUT2D eigenvalue weighted by Crippen LogP contribution is -2.19. The summed E-state index contributed by atoms with van der Waals surface area (Å²) in [6, 6.07) is 6.40. The molecule has 0 aromatic heterocycles. The van der Waals surface area contributed by atoms with Gasteiger partial charge < -0.3 is 10.5 Å². The van der Waals surface area contributed by atoms with Gasteiger partial charge in [-0.2, -0.15) is 5.26 Å². The van der Waals surface area contributed by atoms with Crippen LogP contribution in [0.5, 0.6) is 5.75 Å². The van der Waals surface area contributed by atoms with Crippen LogP contribution in [0.25, 0.3) is 0 Å². The molecule has 0 aliphatic heterocycles. The van der Waals surface area contributed by atoms with Gasteiger partial charge in [0.15, 0.2) is 5.75 Å². The number of benzene rings is 1. The van der Waals surface area contributed by atoms with Crippen LogP contribution in [-0.4, -0.2) is 17.1 Å². The van der Waals surface area contributed by atoms with Crippen LogP contribution in [0, 0.1) is 21.4 Å². The Hall–Kier alpha value is -2.13. The number of ether oxygens (including phenoxy) is 1. The molecule has 1 aromatic rings. The molecular formula is C12H13N3O3. The van der Waals surface area contributed by atoms with Gasteiger partial charge in [0.1, 0.15) is 17.7 Å². The highest BCUT2D eigenvalue weighted by molar-refractivity contribution is 5.58. The molecule has 1 fully saturated rings. The molecule has 0 saturated heterocycles. The molecule has 0 bridgehead atoms. The van der Waals surface area contributed by atoms with Crippen LogP contribution in [0.4, 0.5) is 5.69 Å². The van der Waals surface area contributed by atoms with Gasteiger partial charge in [-0.05, 0) is 31.4 Å². The first-order valence-corrected chi connectivity index (χ1v) is 5.71. The molecule has 18 heavy (non-hydrogen) atoms. The fourth-order valence-electron chi connectivity index (χ4n) is 2.16. The van der Waals surface area contributed by atoms with Crippen molar-refractivity contribution in [1.82, 2.24) is 0 Å². The van der Waals surface area contributed by atoms with Crippen LogP contribution in [0.2, 0.25) is 0 Å². The minimum atomic E-state index is -0.581. The summed E-state index contributed by atoms with van der Waals surface area (Å²) in [5.74, 6) is 0.151. The van der Waals surface area contributed by atoms with Gasteiger partial charge in [-0.3, -0.25) is 10.1 Å². The summed E-state index contributed by atoms with van der Waals surface area (Å²) in [6.45, 7) is 0. The minimum absolute atomic E-state index is 0.0137. The third-order valence-electron chi connectivity index (χ3n) is 3.02. The average molecular weight is 247 g/mol. The van der Waals surface area contributed by atoms with Crippen LogP contribution in [0.3, 0.4) is 0 Å². The highest BCUT2D eigenvalue weighted by Crippen LogP contribution is 2.33. The lowest BCUT2D eigenvalue weighted by atomic mass is 10.2. The lowest BCUT2D eigenvalue weighted by molar-refractivity contribution is -0.386. The first-order valence-electron chi connectivity index (χ1n) is 5.71. The van der Waals surface area contributed by atoms with Crippen LogP contribution in [0.1, 0.15) is 24.8 Å². The molecule has 1 saturated carbocycles. The van der Waals surface area contributed by atoms with Gasteiger partial charge in [-0.15, -0.1) is 0 Å². The maximum atomic E-state index is 11.0. The molecule has 0 amide bonds. The summed E-state index contributed by atoms with van der Waals surface area (Å²) in [5, 5.41) is 19.9. The molecule has 2 unspecified atom stereocenters. The average Bonchev–Trinajstić information content (AvgIpc) is 2.74. The zero-order chi connectivity index (χ0) is 13.1. The van der Waals surface area contributed by atoms with E-state index in [-0.39, 0.29) is 29.1 Å². The Morgan fingerprint density at radius 1 is 1.50 bits per heavy atom. The summed E-state index contributed by atoms with van der Waals surface area (Å²) in [4.78, 5) is 10.4. The van der Waals surface area contributed by atoms with Gasteiger partial charge in [-0.1, -0.05) is 6.07 Å². The Kier molecular flexibility index (Phi) is 3.44. The molecule has 2 atom stereocenters. The maximum absolute atomic E-state index is 11.0. The van der Waals surface area contributed by atoms with Crippen molar-refractivity contribution < 1.29 is 9.66 Å². The second-order valence-electron chi connectivity index (χ2n) is 4.33. The lowest BCUT2D eigenvalue weighted by Gasteiger charge is -2.13. The number of hydrogen-bond acceptors (Lipinski definition) is 5. The van der Waals surface area contributed by atoms with Gasteiger partial charge in [-0.25, -0.2) is 0 Å². The molecule has 94 valence electrons. The zero-order valence-corrected chi connectivity index (χ0v) is 9.70. The van der Waals surface area contributed by atoms with Crippen molar-refractivity contribution in [2.75, 3.05) is 0 Å². The first kappa shape index (κ1) is 12.3. The van der Waals surface area contributed by atoms with Crippen LogP contribution in [-0.2, 0) is 0 Å². The van der Waals surface area contributed by atoms with Crippen LogP contribution in [0.15, 0.2) is 18.2 Å². The van der Waals surface area contributed by atoms with E-state index >= 15 is 0 Å². The standard InChI is InChI=1S/C12H13N3O3/c13-7-8-2-1-3-11(12(8)15(16)17)18-10-5-4-9(14)6-10/h1-3,9-10H,4-6,14H2. The normalized spacial score (nSPS) is 22.4. The number of hydrogen-bond donors (Lipinski definition) is 1. The van der Waals surface area contributed by atoms with E-state index in [0.717, 1.165) is 12.8 Å². The molecule has 0 radical (unpaired) electrons. The van der Waals surface area contributed by atoms with E-state index in [1.54, 1.807) is 12.1 Å². The number of nitro benzene ring substituents is 1. The molecule has 2 N–H and O–H groups in total. The number of rotatable bonds is 3. The molecule has 0 heterocycles. The van der Waals surface area contributed by atoms with Crippen molar-refractivity contribution in [3.8, 4) is 11.8 Å². The molecule has 1 aliphatic carbocycles. The van der Waals surface area contributed by atoms with E-state index in [1.807, 2.05) is 0 Å². The SMILES string of the molecule is N#Cc1cccc(OC2CCC(N)C2)c1[N+](=O)[O-]. The van der Waals surface area contributed by atoms with Crippen LogP contribution < -0.4 is 10.5 Å². The number of nitro groups is 1.